The number of halogens is 1. The van der Waals surface area contributed by atoms with Gasteiger partial charge in [-0.25, -0.2) is 0 Å². The third-order valence-corrected chi connectivity index (χ3v) is 5.17. The molecule has 0 amide bonds. The molecule has 0 aliphatic carbocycles. The second kappa shape index (κ2) is 6.65. The molecule has 0 aromatic carbocycles. The fraction of sp³-hybridized carbons (Fsp3) is 0.800. The first kappa shape index (κ1) is 15.3. The maximum Gasteiger partial charge on any atom is 0.131 e. The van der Waals surface area contributed by atoms with Gasteiger partial charge in [-0.3, -0.25) is 14.5 Å². The van der Waals surface area contributed by atoms with Gasteiger partial charge in [0.25, 0.3) is 0 Å². The normalized spacial score (nSPS) is 25.4. The number of aromatic nitrogens is 2. The van der Waals surface area contributed by atoms with Crippen molar-refractivity contribution in [1.82, 2.24) is 19.6 Å². The minimum atomic E-state index is 0.665. The molecule has 2 aliphatic heterocycles. The van der Waals surface area contributed by atoms with Gasteiger partial charge in [0.15, 0.2) is 0 Å². The fourth-order valence-corrected chi connectivity index (χ4v) is 3.73. The van der Waals surface area contributed by atoms with Crippen molar-refractivity contribution in [2.45, 2.75) is 32.4 Å². The van der Waals surface area contributed by atoms with Crippen LogP contribution in [0, 0.1) is 6.92 Å². The molecule has 21 heavy (non-hydrogen) atoms. The number of morpholine rings is 1. The Bertz CT molecular complexity index is 484. The van der Waals surface area contributed by atoms with Crippen molar-refractivity contribution < 1.29 is 4.74 Å². The van der Waals surface area contributed by atoms with E-state index in [2.05, 4.69) is 14.9 Å². The van der Waals surface area contributed by atoms with E-state index in [0.29, 0.717) is 6.04 Å². The summed E-state index contributed by atoms with van der Waals surface area (Å²) < 4.78 is 7.24. The summed E-state index contributed by atoms with van der Waals surface area (Å²) >= 11 is 6.37. The minimum Gasteiger partial charge on any atom is -0.379 e. The Morgan fingerprint density at radius 2 is 2.05 bits per heavy atom. The van der Waals surface area contributed by atoms with E-state index in [0.717, 1.165) is 56.8 Å². The smallest absolute Gasteiger partial charge is 0.131 e. The van der Waals surface area contributed by atoms with Gasteiger partial charge in [0.05, 0.1) is 18.9 Å². The zero-order valence-corrected chi connectivity index (χ0v) is 13.8. The molecule has 2 aliphatic rings. The SMILES string of the molecule is Cc1nn(C)c(Cl)c1CN1CCCC(N2CCOCC2)C1. The van der Waals surface area contributed by atoms with E-state index in [4.69, 9.17) is 16.3 Å². The summed E-state index contributed by atoms with van der Waals surface area (Å²) in [6.45, 7) is 9.16. The molecule has 118 valence electrons. The Morgan fingerprint density at radius 3 is 2.71 bits per heavy atom. The third kappa shape index (κ3) is 3.42. The quantitative estimate of drug-likeness (QED) is 0.850. The summed E-state index contributed by atoms with van der Waals surface area (Å²) in [7, 11) is 1.91. The second-order valence-electron chi connectivity index (χ2n) is 6.16. The average Bonchev–Trinajstić information content (AvgIpc) is 2.75. The highest BCUT2D eigenvalue weighted by molar-refractivity contribution is 6.30. The first-order valence-electron chi connectivity index (χ1n) is 7.87. The molecule has 2 saturated heterocycles. The average molecular weight is 313 g/mol. The lowest BCUT2D eigenvalue weighted by Crippen LogP contribution is -2.51. The number of piperidine rings is 1. The maximum absolute atomic E-state index is 6.37. The number of aryl methyl sites for hydroxylation is 2. The van der Waals surface area contributed by atoms with Crippen molar-refractivity contribution in [1.29, 1.82) is 0 Å². The van der Waals surface area contributed by atoms with Gasteiger partial charge in [-0.15, -0.1) is 0 Å². The van der Waals surface area contributed by atoms with Crippen LogP contribution < -0.4 is 0 Å². The van der Waals surface area contributed by atoms with Gasteiger partial charge >= 0.3 is 0 Å². The topological polar surface area (TPSA) is 33.5 Å². The number of nitrogens with zero attached hydrogens (tertiary/aromatic N) is 4. The summed E-state index contributed by atoms with van der Waals surface area (Å²) in [6.07, 6.45) is 2.56. The highest BCUT2D eigenvalue weighted by Crippen LogP contribution is 2.24. The molecule has 0 saturated carbocycles. The van der Waals surface area contributed by atoms with E-state index in [-0.39, 0.29) is 0 Å². The zero-order valence-electron chi connectivity index (χ0n) is 13.0. The highest BCUT2D eigenvalue weighted by atomic mass is 35.5. The van der Waals surface area contributed by atoms with E-state index >= 15 is 0 Å². The van der Waals surface area contributed by atoms with Crippen molar-refractivity contribution >= 4 is 11.6 Å². The van der Waals surface area contributed by atoms with Gasteiger partial charge in [0.2, 0.25) is 0 Å². The summed E-state index contributed by atoms with van der Waals surface area (Å²) in [5, 5.41) is 5.19. The number of likely N-dealkylation sites (tertiary alicyclic amines) is 1. The van der Waals surface area contributed by atoms with Crippen LogP contribution in [0.1, 0.15) is 24.1 Å². The van der Waals surface area contributed by atoms with E-state index in [1.54, 1.807) is 4.68 Å². The van der Waals surface area contributed by atoms with Gasteiger partial charge < -0.3 is 4.74 Å². The predicted molar refractivity (Wildman–Crippen MR) is 83.6 cm³/mol. The lowest BCUT2D eigenvalue weighted by atomic mass is 10.0. The van der Waals surface area contributed by atoms with Gasteiger partial charge in [-0.05, 0) is 26.3 Å². The molecular formula is C15H25ClN4O. The monoisotopic (exact) mass is 312 g/mol. The number of rotatable bonds is 3. The molecule has 5 nitrogen and oxygen atoms in total. The zero-order chi connectivity index (χ0) is 14.8. The summed E-state index contributed by atoms with van der Waals surface area (Å²) in [5.41, 5.74) is 2.23. The van der Waals surface area contributed by atoms with Gasteiger partial charge in [-0.1, -0.05) is 11.6 Å². The van der Waals surface area contributed by atoms with Crippen LogP contribution in [-0.4, -0.2) is 65.0 Å². The van der Waals surface area contributed by atoms with Crippen LogP contribution in [0.5, 0.6) is 0 Å². The standard InChI is InChI=1S/C15H25ClN4O/c1-12-14(15(16)18(2)17-12)11-19-5-3-4-13(10-19)20-6-8-21-9-7-20/h13H,3-11H2,1-2H3. The lowest BCUT2D eigenvalue weighted by molar-refractivity contribution is -0.00359. The first-order valence-corrected chi connectivity index (χ1v) is 8.25. The first-order chi connectivity index (χ1) is 10.1. The minimum absolute atomic E-state index is 0.665. The van der Waals surface area contributed by atoms with Crippen LogP contribution in [0.2, 0.25) is 5.15 Å². The van der Waals surface area contributed by atoms with Crippen molar-refractivity contribution in [2.24, 2.45) is 7.05 Å². The van der Waals surface area contributed by atoms with Crippen molar-refractivity contribution in [3.05, 3.63) is 16.4 Å². The number of hydrogen-bond donors (Lipinski definition) is 0. The predicted octanol–water partition coefficient (Wildman–Crippen LogP) is 1.68. The molecule has 1 aromatic rings. The van der Waals surface area contributed by atoms with Crippen molar-refractivity contribution in [3.63, 3.8) is 0 Å². The molecule has 1 atom stereocenters. The molecule has 1 aromatic heterocycles. The Hall–Kier alpha value is -0.620. The molecular weight excluding hydrogens is 288 g/mol. The van der Waals surface area contributed by atoms with E-state index in [1.165, 1.54) is 18.4 Å². The second-order valence-corrected chi connectivity index (χ2v) is 6.52. The van der Waals surface area contributed by atoms with Gasteiger partial charge in [0, 0.05) is 44.8 Å². The van der Waals surface area contributed by atoms with Crippen LogP contribution in [0.15, 0.2) is 0 Å². The summed E-state index contributed by atoms with van der Waals surface area (Å²) in [4.78, 5) is 5.12. The van der Waals surface area contributed by atoms with E-state index in [1.807, 2.05) is 14.0 Å². The number of ether oxygens (including phenoxy) is 1. The number of hydrogen-bond acceptors (Lipinski definition) is 4. The van der Waals surface area contributed by atoms with E-state index in [9.17, 15) is 0 Å². The van der Waals surface area contributed by atoms with Crippen LogP contribution in [0.4, 0.5) is 0 Å². The Kier molecular flexibility index (Phi) is 4.84. The van der Waals surface area contributed by atoms with Crippen LogP contribution in [0.3, 0.4) is 0 Å². The Balaban J connectivity index is 1.63. The van der Waals surface area contributed by atoms with Crippen molar-refractivity contribution in [3.8, 4) is 0 Å². The molecule has 0 radical (unpaired) electrons. The molecule has 3 rings (SSSR count). The van der Waals surface area contributed by atoms with Crippen molar-refractivity contribution in [2.75, 3.05) is 39.4 Å². The molecule has 6 heteroatoms. The lowest BCUT2D eigenvalue weighted by Gasteiger charge is -2.40. The van der Waals surface area contributed by atoms with E-state index < -0.39 is 0 Å². The van der Waals surface area contributed by atoms with Crippen LogP contribution >= 0.6 is 11.6 Å². The largest absolute Gasteiger partial charge is 0.379 e. The molecule has 0 spiro atoms. The highest BCUT2D eigenvalue weighted by Gasteiger charge is 2.27. The van der Waals surface area contributed by atoms with Crippen LogP contribution in [-0.2, 0) is 18.3 Å². The third-order valence-electron chi connectivity index (χ3n) is 4.69. The fourth-order valence-electron chi connectivity index (χ4n) is 3.49. The molecule has 2 fully saturated rings. The molecule has 0 bridgehead atoms. The van der Waals surface area contributed by atoms with Gasteiger partial charge in [-0.2, -0.15) is 5.10 Å². The Labute approximate surface area is 131 Å². The van der Waals surface area contributed by atoms with Crippen LogP contribution in [0.25, 0.3) is 0 Å². The summed E-state index contributed by atoms with van der Waals surface area (Å²) in [6, 6.07) is 0.665. The van der Waals surface area contributed by atoms with Gasteiger partial charge in [0.1, 0.15) is 5.15 Å². The molecule has 1 unspecified atom stereocenters. The molecule has 3 heterocycles. The maximum atomic E-state index is 6.37. The Morgan fingerprint density at radius 1 is 1.29 bits per heavy atom. The summed E-state index contributed by atoms with van der Waals surface area (Å²) in [5.74, 6) is 0. The molecule has 0 N–H and O–H groups in total.